The van der Waals surface area contributed by atoms with Crippen LogP contribution >= 0.6 is 0 Å². The van der Waals surface area contributed by atoms with E-state index in [0.717, 1.165) is 17.5 Å². The first-order chi connectivity index (χ1) is 13.7. The first kappa shape index (κ1) is 20.5. The number of benzene rings is 2. The van der Waals surface area contributed by atoms with E-state index in [0.29, 0.717) is 6.04 Å². The minimum absolute atomic E-state index is 0.0306. The molecule has 2 aliphatic rings. The van der Waals surface area contributed by atoms with Gasteiger partial charge in [0, 0.05) is 17.4 Å². The van der Waals surface area contributed by atoms with Crippen molar-refractivity contribution in [2.45, 2.75) is 57.5 Å². The molecule has 6 heteroatoms. The molecule has 0 radical (unpaired) electrons. The average Bonchev–Trinajstić information content (AvgIpc) is 3.45. The molecule has 4 N–H and O–H groups in total. The molecule has 1 heterocycles. The summed E-state index contributed by atoms with van der Waals surface area (Å²) >= 11 is 0. The summed E-state index contributed by atoms with van der Waals surface area (Å²) in [7, 11) is 0. The number of rotatable bonds is 3. The first-order valence-corrected chi connectivity index (χ1v) is 9.80. The van der Waals surface area contributed by atoms with Crippen LogP contribution in [0.3, 0.4) is 0 Å². The van der Waals surface area contributed by atoms with E-state index in [1.54, 1.807) is 0 Å². The highest BCUT2D eigenvalue weighted by Gasteiger charge is 2.34. The fourth-order valence-corrected chi connectivity index (χ4v) is 3.93. The maximum absolute atomic E-state index is 9.29. The number of carbonyl (C=O) groups is 1. The largest absolute Gasteiger partial charge is 0.503 e. The van der Waals surface area contributed by atoms with E-state index >= 15 is 0 Å². The molecule has 6 nitrogen and oxygen atoms in total. The Bertz CT molecular complexity index is 954. The Morgan fingerprint density at radius 3 is 2.55 bits per heavy atom. The third kappa shape index (κ3) is 5.00. The first-order valence-electron chi connectivity index (χ1n) is 9.80. The van der Waals surface area contributed by atoms with Gasteiger partial charge in [-0.25, -0.2) is 4.79 Å². The molecule has 1 fully saturated rings. The lowest BCUT2D eigenvalue weighted by Gasteiger charge is -2.40. The van der Waals surface area contributed by atoms with Gasteiger partial charge in [-0.3, -0.25) is 0 Å². The lowest BCUT2D eigenvalue weighted by Crippen LogP contribution is -2.31. The third-order valence-corrected chi connectivity index (χ3v) is 5.46. The van der Waals surface area contributed by atoms with Gasteiger partial charge in [-0.15, -0.1) is 0 Å². The van der Waals surface area contributed by atoms with E-state index < -0.39 is 6.16 Å². The van der Waals surface area contributed by atoms with Gasteiger partial charge in [-0.1, -0.05) is 26.0 Å². The van der Waals surface area contributed by atoms with E-state index in [9.17, 15) is 5.26 Å². The van der Waals surface area contributed by atoms with Gasteiger partial charge in [0.2, 0.25) is 0 Å². The second kappa shape index (κ2) is 8.04. The second-order valence-electron chi connectivity index (χ2n) is 8.44. The van der Waals surface area contributed by atoms with Crippen molar-refractivity contribution in [3.63, 3.8) is 0 Å². The molecule has 152 valence electrons. The summed E-state index contributed by atoms with van der Waals surface area (Å²) < 4.78 is 0. The standard InChI is InChI=1S/C22H25N3.CH2O3/c1-14-9-15(13-23)10-19-21(14)25-20(12-22(19,2)3)16-5-4-6-18(11-16)24-17-7-8-17;2-1(3)4/h4-6,9-11,17,20,24-25H,7-8,12H2,1-3H3;(H2,2,3,4). The molecule has 0 spiro atoms. The van der Waals surface area contributed by atoms with Crippen molar-refractivity contribution in [1.82, 2.24) is 0 Å². The lowest BCUT2D eigenvalue weighted by molar-refractivity contribution is 0.137. The number of nitriles is 1. The van der Waals surface area contributed by atoms with Crippen molar-refractivity contribution >= 4 is 17.5 Å². The fraction of sp³-hybridized carbons (Fsp3) is 0.391. The topological polar surface area (TPSA) is 105 Å². The second-order valence-corrected chi connectivity index (χ2v) is 8.44. The summed E-state index contributed by atoms with van der Waals surface area (Å²) in [6.45, 7) is 6.66. The van der Waals surface area contributed by atoms with E-state index in [2.05, 4.69) is 67.8 Å². The maximum Gasteiger partial charge on any atom is 0.503 e. The number of hydrogen-bond acceptors (Lipinski definition) is 4. The van der Waals surface area contributed by atoms with Crippen molar-refractivity contribution in [2.24, 2.45) is 0 Å². The molecule has 1 aliphatic heterocycles. The molecule has 1 unspecified atom stereocenters. The minimum Gasteiger partial charge on any atom is -0.450 e. The summed E-state index contributed by atoms with van der Waals surface area (Å²) in [6.07, 6.45) is 1.75. The SMILES string of the molecule is Cc1cc(C#N)cc2c1NC(c1cccc(NC3CC3)c1)CC2(C)C.O=C(O)O. The summed E-state index contributed by atoms with van der Waals surface area (Å²) in [6, 6.07) is 16.1. The number of hydrogen-bond donors (Lipinski definition) is 4. The zero-order chi connectivity index (χ0) is 21.2. The molecule has 1 saturated carbocycles. The van der Waals surface area contributed by atoms with Crippen LogP contribution in [0.4, 0.5) is 16.2 Å². The highest BCUT2D eigenvalue weighted by atomic mass is 16.6. The van der Waals surface area contributed by atoms with Gasteiger partial charge in [0.1, 0.15) is 0 Å². The Hall–Kier alpha value is -3.20. The van der Waals surface area contributed by atoms with Crippen molar-refractivity contribution in [3.8, 4) is 6.07 Å². The van der Waals surface area contributed by atoms with Crippen LogP contribution < -0.4 is 10.6 Å². The number of fused-ring (bicyclic) bond motifs is 1. The Kier molecular flexibility index (Phi) is 5.69. The van der Waals surface area contributed by atoms with Crippen molar-refractivity contribution in [3.05, 3.63) is 58.7 Å². The molecular weight excluding hydrogens is 366 g/mol. The highest BCUT2D eigenvalue weighted by Crippen LogP contribution is 2.46. The van der Waals surface area contributed by atoms with Crippen LogP contribution in [0.2, 0.25) is 0 Å². The Balaban J connectivity index is 0.000000552. The normalized spacial score (nSPS) is 18.9. The summed E-state index contributed by atoms with van der Waals surface area (Å²) in [4.78, 5) is 8.56. The zero-order valence-corrected chi connectivity index (χ0v) is 17.0. The van der Waals surface area contributed by atoms with Crippen LogP contribution in [0, 0.1) is 18.3 Å². The molecule has 1 aliphatic carbocycles. The highest BCUT2D eigenvalue weighted by molar-refractivity contribution is 5.66. The molecule has 0 saturated heterocycles. The molecule has 1 atom stereocenters. The average molecular weight is 393 g/mol. The van der Waals surface area contributed by atoms with Crippen molar-refractivity contribution in [1.29, 1.82) is 5.26 Å². The van der Waals surface area contributed by atoms with Crippen LogP contribution in [0.25, 0.3) is 0 Å². The zero-order valence-electron chi connectivity index (χ0n) is 17.0. The summed E-state index contributed by atoms with van der Waals surface area (Å²) in [5, 5.41) is 30.6. The molecule has 2 aromatic carbocycles. The van der Waals surface area contributed by atoms with Crippen LogP contribution in [-0.2, 0) is 5.41 Å². The maximum atomic E-state index is 9.29. The van der Waals surface area contributed by atoms with Crippen molar-refractivity contribution < 1.29 is 15.0 Å². The van der Waals surface area contributed by atoms with Crippen LogP contribution in [0.15, 0.2) is 36.4 Å². The Morgan fingerprint density at radius 2 is 1.93 bits per heavy atom. The van der Waals surface area contributed by atoms with E-state index in [1.165, 1.54) is 35.3 Å². The minimum atomic E-state index is -1.83. The smallest absolute Gasteiger partial charge is 0.450 e. The lowest BCUT2D eigenvalue weighted by atomic mass is 9.73. The Labute approximate surface area is 171 Å². The van der Waals surface area contributed by atoms with E-state index in [-0.39, 0.29) is 11.5 Å². The third-order valence-electron chi connectivity index (χ3n) is 5.46. The molecule has 0 amide bonds. The van der Waals surface area contributed by atoms with Gasteiger partial charge in [-0.2, -0.15) is 5.26 Å². The van der Waals surface area contributed by atoms with Gasteiger partial charge >= 0.3 is 6.16 Å². The molecule has 4 rings (SSSR count). The van der Waals surface area contributed by atoms with Gasteiger partial charge < -0.3 is 20.8 Å². The summed E-state index contributed by atoms with van der Waals surface area (Å²) in [5.74, 6) is 0. The molecule has 2 aromatic rings. The number of anilines is 2. The molecular formula is C23H27N3O3. The van der Waals surface area contributed by atoms with Crippen LogP contribution in [-0.4, -0.2) is 22.4 Å². The number of nitrogens with one attached hydrogen (secondary N) is 2. The van der Waals surface area contributed by atoms with E-state index in [4.69, 9.17) is 15.0 Å². The van der Waals surface area contributed by atoms with Crippen LogP contribution in [0.5, 0.6) is 0 Å². The van der Waals surface area contributed by atoms with Gasteiger partial charge in [0.15, 0.2) is 0 Å². The predicted octanol–water partition coefficient (Wildman–Crippen LogP) is 5.50. The van der Waals surface area contributed by atoms with Gasteiger partial charge in [0.25, 0.3) is 0 Å². The monoisotopic (exact) mass is 393 g/mol. The van der Waals surface area contributed by atoms with Crippen LogP contribution in [0.1, 0.15) is 61.4 Å². The molecule has 29 heavy (non-hydrogen) atoms. The quantitative estimate of drug-likeness (QED) is 0.549. The number of aryl methyl sites for hydroxylation is 1. The van der Waals surface area contributed by atoms with E-state index in [1.807, 2.05) is 6.07 Å². The Morgan fingerprint density at radius 1 is 1.24 bits per heavy atom. The number of nitrogens with zero attached hydrogens (tertiary/aromatic N) is 1. The molecule has 0 bridgehead atoms. The predicted molar refractivity (Wildman–Crippen MR) is 114 cm³/mol. The molecule has 0 aromatic heterocycles. The number of carboxylic acid groups (broad SMARTS) is 2. The van der Waals surface area contributed by atoms with Crippen molar-refractivity contribution in [2.75, 3.05) is 10.6 Å². The fourth-order valence-electron chi connectivity index (χ4n) is 3.93. The van der Waals surface area contributed by atoms with Gasteiger partial charge in [-0.05, 0) is 72.6 Å². The van der Waals surface area contributed by atoms with Gasteiger partial charge in [0.05, 0.1) is 17.7 Å². The summed E-state index contributed by atoms with van der Waals surface area (Å²) in [5.41, 5.74) is 6.94.